The lowest BCUT2D eigenvalue weighted by atomic mass is 10.2. The monoisotopic (exact) mass is 430 g/mol. The topological polar surface area (TPSA) is 92.8 Å². The quantitative estimate of drug-likeness (QED) is 0.487. The number of carbonyl (C=O) groups excluding carboxylic acids is 2. The van der Waals surface area contributed by atoms with Gasteiger partial charge in [0.05, 0.1) is 4.90 Å². The van der Waals surface area contributed by atoms with E-state index in [0.717, 1.165) is 5.56 Å². The van der Waals surface area contributed by atoms with E-state index in [1.165, 1.54) is 28.6 Å². The van der Waals surface area contributed by atoms with Gasteiger partial charge in [0.15, 0.2) is 6.61 Å². The van der Waals surface area contributed by atoms with Crippen molar-refractivity contribution in [2.45, 2.75) is 25.7 Å². The molecule has 1 N–H and O–H groups in total. The molecule has 2 rings (SSSR count). The van der Waals surface area contributed by atoms with Crippen LogP contribution in [0.3, 0.4) is 0 Å². The lowest BCUT2D eigenvalue weighted by molar-refractivity contribution is -0.142. The summed E-state index contributed by atoms with van der Waals surface area (Å²) in [4.78, 5) is 23.9. The van der Waals surface area contributed by atoms with Gasteiger partial charge in [-0.05, 0) is 42.8 Å². The van der Waals surface area contributed by atoms with Crippen molar-refractivity contribution < 1.29 is 22.7 Å². The van der Waals surface area contributed by atoms with Gasteiger partial charge in [-0.1, -0.05) is 43.7 Å². The Kier molecular flexibility index (Phi) is 8.32. The fraction of sp³-hybridized carbons (Fsp3) is 0.273. The summed E-state index contributed by atoms with van der Waals surface area (Å²) < 4.78 is 31.2. The number of aryl methyl sites for hydroxylation is 1. The second kappa shape index (κ2) is 10.7. The summed E-state index contributed by atoms with van der Waals surface area (Å²) in [5, 5.41) is 2.64. The van der Waals surface area contributed by atoms with Gasteiger partial charge in [-0.2, -0.15) is 4.31 Å². The number of esters is 1. The molecule has 0 heterocycles. The Labute approximate surface area is 177 Å². The average molecular weight is 431 g/mol. The largest absolute Gasteiger partial charge is 0.452 e. The van der Waals surface area contributed by atoms with E-state index in [4.69, 9.17) is 4.74 Å². The number of amides is 1. The predicted molar refractivity (Wildman–Crippen MR) is 116 cm³/mol. The van der Waals surface area contributed by atoms with Crippen molar-refractivity contribution in [3.63, 3.8) is 0 Å². The lowest BCUT2D eigenvalue weighted by Crippen LogP contribution is -2.30. The van der Waals surface area contributed by atoms with Crippen LogP contribution >= 0.6 is 0 Å². The molecule has 0 atom stereocenters. The molecule has 7 nitrogen and oxygen atoms in total. The summed E-state index contributed by atoms with van der Waals surface area (Å²) in [6.45, 7) is 5.89. The van der Waals surface area contributed by atoms with Crippen LogP contribution in [-0.2, 0) is 24.3 Å². The number of hydrogen-bond acceptors (Lipinski definition) is 5. The molecule has 0 aromatic heterocycles. The van der Waals surface area contributed by atoms with Crippen LogP contribution in [0.1, 0.15) is 25.0 Å². The number of carbonyl (C=O) groups is 2. The summed E-state index contributed by atoms with van der Waals surface area (Å²) in [5.41, 5.74) is 2.33. The van der Waals surface area contributed by atoms with E-state index >= 15 is 0 Å². The van der Waals surface area contributed by atoms with Crippen LogP contribution in [0.5, 0.6) is 0 Å². The van der Waals surface area contributed by atoms with Crippen LogP contribution in [0.15, 0.2) is 59.5 Å². The molecule has 0 bridgehead atoms. The normalized spacial score (nSPS) is 11.6. The Bertz CT molecular complexity index is 993. The summed E-state index contributed by atoms with van der Waals surface area (Å²) in [6.07, 6.45) is 2.68. The van der Waals surface area contributed by atoms with Gasteiger partial charge >= 0.3 is 5.97 Å². The van der Waals surface area contributed by atoms with E-state index in [1.807, 2.05) is 19.1 Å². The van der Waals surface area contributed by atoms with Gasteiger partial charge in [0.2, 0.25) is 10.0 Å². The first kappa shape index (κ1) is 23.3. The Hall–Kier alpha value is -2.97. The van der Waals surface area contributed by atoms with E-state index in [9.17, 15) is 18.0 Å². The van der Waals surface area contributed by atoms with Gasteiger partial charge in [0.1, 0.15) is 0 Å². The first-order chi connectivity index (χ1) is 14.3. The molecule has 1 amide bonds. The van der Waals surface area contributed by atoms with Crippen LogP contribution < -0.4 is 5.32 Å². The van der Waals surface area contributed by atoms with Gasteiger partial charge in [0.25, 0.3) is 5.91 Å². The van der Waals surface area contributed by atoms with Gasteiger partial charge < -0.3 is 10.1 Å². The smallest absolute Gasteiger partial charge is 0.331 e. The van der Waals surface area contributed by atoms with Gasteiger partial charge in [0, 0.05) is 24.9 Å². The minimum Gasteiger partial charge on any atom is -0.452 e. The maximum atomic E-state index is 12.5. The zero-order chi connectivity index (χ0) is 22.1. The predicted octanol–water partition coefficient (Wildman–Crippen LogP) is 3.22. The molecule has 0 aliphatic rings. The highest BCUT2D eigenvalue weighted by molar-refractivity contribution is 7.89. The molecule has 0 spiro atoms. The van der Waals surface area contributed by atoms with Crippen LogP contribution in [-0.4, -0.2) is 44.3 Å². The van der Waals surface area contributed by atoms with Crippen molar-refractivity contribution in [1.82, 2.24) is 4.31 Å². The van der Waals surface area contributed by atoms with Crippen LogP contribution in [0.4, 0.5) is 5.69 Å². The fourth-order valence-corrected chi connectivity index (χ4v) is 4.10. The van der Waals surface area contributed by atoms with Crippen molar-refractivity contribution in [2.75, 3.05) is 25.0 Å². The molecule has 0 unspecified atom stereocenters. The number of nitrogens with zero attached hydrogens (tertiary/aromatic N) is 1. The first-order valence-corrected chi connectivity index (χ1v) is 11.0. The van der Waals surface area contributed by atoms with Gasteiger partial charge in [-0.25, -0.2) is 13.2 Å². The van der Waals surface area contributed by atoms with E-state index in [0.29, 0.717) is 24.3 Å². The number of nitrogens with one attached hydrogen (secondary N) is 1. The Morgan fingerprint density at radius 3 is 2.17 bits per heavy atom. The Morgan fingerprint density at radius 1 is 1.00 bits per heavy atom. The molecule has 8 heteroatoms. The number of benzene rings is 2. The first-order valence-electron chi connectivity index (χ1n) is 9.57. The molecule has 2 aromatic carbocycles. The van der Waals surface area contributed by atoms with E-state index in [1.54, 1.807) is 38.1 Å². The Morgan fingerprint density at radius 2 is 1.60 bits per heavy atom. The molecule has 0 aliphatic carbocycles. The third kappa shape index (κ3) is 6.53. The third-order valence-electron chi connectivity index (χ3n) is 4.32. The number of sulfonamides is 1. The van der Waals surface area contributed by atoms with Crippen LogP contribution in [0, 0.1) is 6.92 Å². The summed E-state index contributed by atoms with van der Waals surface area (Å²) in [6, 6.07) is 13.4. The van der Waals surface area contributed by atoms with Crippen LogP contribution in [0.25, 0.3) is 6.08 Å². The minimum absolute atomic E-state index is 0.193. The fourth-order valence-electron chi connectivity index (χ4n) is 2.65. The van der Waals surface area contributed by atoms with Crippen molar-refractivity contribution in [1.29, 1.82) is 0 Å². The summed E-state index contributed by atoms with van der Waals surface area (Å²) in [5.74, 6) is -1.11. The molecule has 2 aromatic rings. The third-order valence-corrected chi connectivity index (χ3v) is 6.38. The molecular formula is C22H26N2O5S. The van der Waals surface area contributed by atoms with Gasteiger partial charge in [-0.15, -0.1) is 0 Å². The number of hydrogen-bond donors (Lipinski definition) is 1. The van der Waals surface area contributed by atoms with Gasteiger partial charge in [-0.3, -0.25) is 4.79 Å². The standard InChI is InChI=1S/C22H26N2O5S/c1-4-24(5-2)30(27,28)20-13-8-18(9-14-20)10-15-22(26)29-16-21(25)23-19-11-6-17(3)7-12-19/h6-15H,4-5,16H2,1-3H3,(H,23,25)/b15-10+. The number of anilines is 1. The maximum Gasteiger partial charge on any atom is 0.331 e. The molecule has 0 aliphatic heterocycles. The Balaban J connectivity index is 1.88. The highest BCUT2D eigenvalue weighted by Gasteiger charge is 2.20. The number of ether oxygens (including phenoxy) is 1. The van der Waals surface area contributed by atoms with E-state index in [-0.39, 0.29) is 4.90 Å². The SMILES string of the molecule is CCN(CC)S(=O)(=O)c1ccc(/C=C/C(=O)OCC(=O)Nc2ccc(C)cc2)cc1. The molecule has 30 heavy (non-hydrogen) atoms. The highest BCUT2D eigenvalue weighted by Crippen LogP contribution is 2.16. The van der Waals surface area contributed by atoms with E-state index < -0.39 is 28.5 Å². The summed E-state index contributed by atoms with van der Waals surface area (Å²) in [7, 11) is -3.52. The van der Waals surface area contributed by atoms with Crippen molar-refractivity contribution in [3.05, 3.63) is 65.7 Å². The van der Waals surface area contributed by atoms with E-state index in [2.05, 4.69) is 5.32 Å². The average Bonchev–Trinajstić information content (AvgIpc) is 2.73. The lowest BCUT2D eigenvalue weighted by Gasteiger charge is -2.18. The molecule has 0 saturated heterocycles. The molecule has 0 radical (unpaired) electrons. The summed E-state index contributed by atoms with van der Waals surface area (Å²) >= 11 is 0. The zero-order valence-electron chi connectivity index (χ0n) is 17.3. The van der Waals surface area contributed by atoms with Crippen LogP contribution in [0.2, 0.25) is 0 Å². The number of rotatable bonds is 9. The van der Waals surface area contributed by atoms with Crippen molar-refractivity contribution in [2.24, 2.45) is 0 Å². The maximum absolute atomic E-state index is 12.5. The molecule has 0 fully saturated rings. The molecule has 160 valence electrons. The highest BCUT2D eigenvalue weighted by atomic mass is 32.2. The zero-order valence-corrected chi connectivity index (χ0v) is 18.1. The second-order valence-corrected chi connectivity index (χ2v) is 8.45. The van der Waals surface area contributed by atoms with Crippen molar-refractivity contribution in [3.8, 4) is 0 Å². The minimum atomic E-state index is -3.52. The molecule has 0 saturated carbocycles. The second-order valence-electron chi connectivity index (χ2n) is 6.51. The molecular weight excluding hydrogens is 404 g/mol. The van der Waals surface area contributed by atoms with Crippen molar-refractivity contribution >= 4 is 33.7 Å².